The topological polar surface area (TPSA) is 91.0 Å². The second-order valence-corrected chi connectivity index (χ2v) is 9.47. The molecule has 31 heavy (non-hydrogen) atoms. The summed E-state index contributed by atoms with van der Waals surface area (Å²) in [6.45, 7) is 1.41. The molecule has 1 aromatic heterocycles. The lowest BCUT2D eigenvalue weighted by atomic mass is 10.0. The molecule has 2 N–H and O–H groups in total. The number of fused-ring (bicyclic) bond motifs is 3. The Morgan fingerprint density at radius 3 is 2.90 bits per heavy atom. The Kier molecular flexibility index (Phi) is 5.23. The van der Waals surface area contributed by atoms with Crippen LogP contribution < -0.4 is 20.4 Å². The molecule has 2 saturated heterocycles. The maximum atomic E-state index is 12.6. The first-order valence-electron chi connectivity index (χ1n) is 10.2. The van der Waals surface area contributed by atoms with Crippen molar-refractivity contribution < 1.29 is 19.1 Å². The third-order valence-corrected chi connectivity index (χ3v) is 7.08. The Morgan fingerprint density at radius 1 is 1.26 bits per heavy atom. The molecule has 3 aliphatic heterocycles. The summed E-state index contributed by atoms with van der Waals surface area (Å²) in [6, 6.07) is 8.73. The summed E-state index contributed by atoms with van der Waals surface area (Å²) in [5, 5.41) is 6.19. The standard InChI is InChI=1S/C21H21ClN4O4S/c22-18-7-6-17(31-18)20(28)24-11-16-15-10-23-13-9-12(25-8-2-1-3-19(25)27)4-5-14(13)26(15)21(29)30-16/h4-7,9,15-16,23H,1-3,8,10-11H2,(H,24,28)/t15-,16-/m0/s1. The highest BCUT2D eigenvalue weighted by molar-refractivity contribution is 7.18. The normalized spacial score (nSPS) is 22.5. The van der Waals surface area contributed by atoms with Crippen LogP contribution in [0.5, 0.6) is 0 Å². The third-order valence-electron chi connectivity index (χ3n) is 5.85. The number of nitrogens with one attached hydrogen (secondary N) is 2. The van der Waals surface area contributed by atoms with E-state index in [4.69, 9.17) is 16.3 Å². The van der Waals surface area contributed by atoms with Crippen molar-refractivity contribution in [1.82, 2.24) is 5.32 Å². The van der Waals surface area contributed by atoms with E-state index in [1.165, 1.54) is 11.3 Å². The maximum absolute atomic E-state index is 12.6. The van der Waals surface area contributed by atoms with Crippen LogP contribution in [0, 0.1) is 0 Å². The second kappa shape index (κ2) is 8.05. The van der Waals surface area contributed by atoms with Gasteiger partial charge in [0.05, 0.1) is 33.2 Å². The first kappa shape index (κ1) is 20.1. The summed E-state index contributed by atoms with van der Waals surface area (Å²) < 4.78 is 6.11. The molecule has 0 unspecified atom stereocenters. The van der Waals surface area contributed by atoms with Gasteiger partial charge >= 0.3 is 6.09 Å². The highest BCUT2D eigenvalue weighted by Crippen LogP contribution is 2.39. The molecule has 2 aromatic rings. The van der Waals surface area contributed by atoms with Crippen LogP contribution in [0.25, 0.3) is 0 Å². The maximum Gasteiger partial charge on any atom is 0.415 e. The Balaban J connectivity index is 1.30. The molecular weight excluding hydrogens is 440 g/mol. The van der Waals surface area contributed by atoms with E-state index < -0.39 is 12.2 Å². The van der Waals surface area contributed by atoms with E-state index in [1.54, 1.807) is 21.9 Å². The number of hydrogen-bond donors (Lipinski definition) is 2. The van der Waals surface area contributed by atoms with Gasteiger partial charge in [0.1, 0.15) is 6.10 Å². The minimum atomic E-state index is -0.476. The number of piperidine rings is 1. The summed E-state index contributed by atoms with van der Waals surface area (Å²) in [5.74, 6) is -0.116. The molecule has 5 rings (SSSR count). The van der Waals surface area contributed by atoms with Gasteiger partial charge in [-0.05, 0) is 43.2 Å². The van der Waals surface area contributed by atoms with Crippen LogP contribution in [0.3, 0.4) is 0 Å². The third kappa shape index (κ3) is 3.72. The number of nitrogens with zero attached hydrogens (tertiary/aromatic N) is 2. The molecule has 3 amide bonds. The highest BCUT2D eigenvalue weighted by atomic mass is 35.5. The van der Waals surface area contributed by atoms with E-state index in [0.717, 1.165) is 24.2 Å². The average Bonchev–Trinajstić information content (AvgIpc) is 3.35. The summed E-state index contributed by atoms with van der Waals surface area (Å²) in [5.41, 5.74) is 2.34. The molecule has 0 spiro atoms. The zero-order chi connectivity index (χ0) is 21.5. The van der Waals surface area contributed by atoms with Crippen molar-refractivity contribution in [3.8, 4) is 0 Å². The van der Waals surface area contributed by atoms with Crippen molar-refractivity contribution in [2.24, 2.45) is 0 Å². The minimum absolute atomic E-state index is 0.128. The number of hydrogen-bond acceptors (Lipinski definition) is 6. The van der Waals surface area contributed by atoms with E-state index in [0.29, 0.717) is 34.4 Å². The molecule has 10 heteroatoms. The Morgan fingerprint density at radius 2 is 2.13 bits per heavy atom. The van der Waals surface area contributed by atoms with Gasteiger partial charge in [-0.2, -0.15) is 0 Å². The van der Waals surface area contributed by atoms with Gasteiger partial charge < -0.3 is 20.3 Å². The first-order chi connectivity index (χ1) is 15.0. The van der Waals surface area contributed by atoms with Gasteiger partial charge in [-0.25, -0.2) is 4.79 Å². The quantitative estimate of drug-likeness (QED) is 0.729. The van der Waals surface area contributed by atoms with Crippen LogP contribution in [0.4, 0.5) is 21.9 Å². The molecule has 0 saturated carbocycles. The molecule has 1 aromatic carbocycles. The largest absolute Gasteiger partial charge is 0.442 e. The van der Waals surface area contributed by atoms with Crippen molar-refractivity contribution >= 4 is 57.9 Å². The van der Waals surface area contributed by atoms with Crippen LogP contribution in [0.2, 0.25) is 4.34 Å². The summed E-state index contributed by atoms with van der Waals surface area (Å²) in [4.78, 5) is 41.1. The van der Waals surface area contributed by atoms with E-state index in [1.807, 2.05) is 18.2 Å². The van der Waals surface area contributed by atoms with Crippen molar-refractivity contribution in [2.45, 2.75) is 31.4 Å². The molecule has 4 heterocycles. The molecular formula is C21H21ClN4O4S. The number of carbonyl (C=O) groups excluding carboxylic acids is 3. The average molecular weight is 461 g/mol. The zero-order valence-corrected chi connectivity index (χ0v) is 18.2. The number of amides is 3. The molecule has 2 fully saturated rings. The molecule has 8 nitrogen and oxygen atoms in total. The Bertz CT molecular complexity index is 1060. The van der Waals surface area contributed by atoms with E-state index >= 15 is 0 Å². The monoisotopic (exact) mass is 460 g/mol. The number of rotatable bonds is 4. The summed E-state index contributed by atoms with van der Waals surface area (Å²) in [7, 11) is 0. The van der Waals surface area contributed by atoms with Crippen LogP contribution in [0.15, 0.2) is 30.3 Å². The van der Waals surface area contributed by atoms with E-state index in [9.17, 15) is 14.4 Å². The van der Waals surface area contributed by atoms with Crippen molar-refractivity contribution in [2.75, 3.05) is 34.8 Å². The van der Waals surface area contributed by atoms with Gasteiger partial charge in [-0.15, -0.1) is 11.3 Å². The van der Waals surface area contributed by atoms with Crippen molar-refractivity contribution in [3.05, 3.63) is 39.5 Å². The van der Waals surface area contributed by atoms with E-state index in [2.05, 4.69) is 10.6 Å². The Hall–Kier alpha value is -2.78. The number of halogens is 1. The number of carbonyl (C=O) groups is 3. The van der Waals surface area contributed by atoms with Gasteiger partial charge in [-0.3, -0.25) is 14.5 Å². The Labute approximate surface area is 188 Å². The fourth-order valence-electron chi connectivity index (χ4n) is 4.30. The summed E-state index contributed by atoms with van der Waals surface area (Å²) >= 11 is 7.09. The fourth-order valence-corrected chi connectivity index (χ4v) is 5.26. The lowest BCUT2D eigenvalue weighted by Gasteiger charge is -2.34. The molecule has 2 atom stereocenters. The molecule has 3 aliphatic rings. The predicted octanol–water partition coefficient (Wildman–Crippen LogP) is 3.47. The van der Waals surface area contributed by atoms with Gasteiger partial charge in [-0.1, -0.05) is 11.6 Å². The summed E-state index contributed by atoms with van der Waals surface area (Å²) in [6.07, 6.45) is 1.57. The minimum Gasteiger partial charge on any atom is -0.442 e. The number of cyclic esters (lactones) is 1. The van der Waals surface area contributed by atoms with Crippen LogP contribution in [-0.4, -0.2) is 49.7 Å². The van der Waals surface area contributed by atoms with E-state index in [-0.39, 0.29) is 24.4 Å². The van der Waals surface area contributed by atoms with Gasteiger partial charge in [0.25, 0.3) is 5.91 Å². The predicted molar refractivity (Wildman–Crippen MR) is 119 cm³/mol. The van der Waals surface area contributed by atoms with Gasteiger partial charge in [0, 0.05) is 25.2 Å². The van der Waals surface area contributed by atoms with Crippen molar-refractivity contribution in [1.29, 1.82) is 0 Å². The lowest BCUT2D eigenvalue weighted by molar-refractivity contribution is -0.119. The smallest absolute Gasteiger partial charge is 0.415 e. The zero-order valence-electron chi connectivity index (χ0n) is 16.6. The second-order valence-electron chi connectivity index (χ2n) is 7.76. The van der Waals surface area contributed by atoms with Crippen LogP contribution in [-0.2, 0) is 9.53 Å². The fraction of sp³-hybridized carbons (Fsp3) is 0.381. The van der Waals surface area contributed by atoms with Crippen LogP contribution >= 0.6 is 22.9 Å². The number of benzene rings is 1. The van der Waals surface area contributed by atoms with Gasteiger partial charge in [0.2, 0.25) is 5.91 Å². The molecule has 0 radical (unpaired) electrons. The first-order valence-corrected chi connectivity index (χ1v) is 11.4. The van der Waals surface area contributed by atoms with Gasteiger partial charge in [0.15, 0.2) is 0 Å². The number of anilines is 3. The highest BCUT2D eigenvalue weighted by Gasteiger charge is 2.45. The number of ether oxygens (including phenoxy) is 1. The molecule has 0 aliphatic carbocycles. The van der Waals surface area contributed by atoms with Crippen molar-refractivity contribution in [3.63, 3.8) is 0 Å². The molecule has 162 valence electrons. The number of thiophene rings is 1. The lowest BCUT2D eigenvalue weighted by Crippen LogP contribution is -2.48. The molecule has 0 bridgehead atoms. The van der Waals surface area contributed by atoms with Crippen LogP contribution in [0.1, 0.15) is 28.9 Å². The SMILES string of the molecule is O=C(NC[C@@H]1OC(=O)N2c3ccc(N4CCCCC4=O)cc3NC[C@@H]12)c1ccc(Cl)s1.